The minimum absolute atomic E-state index is 0.103. The summed E-state index contributed by atoms with van der Waals surface area (Å²) in [5.74, 6) is -0.277. The van der Waals surface area contributed by atoms with Crippen LogP contribution in [-0.2, 0) is 17.6 Å². The molecule has 4 heterocycles. The Hall–Kier alpha value is -3.60. The van der Waals surface area contributed by atoms with Gasteiger partial charge in [0.2, 0.25) is 5.91 Å². The third kappa shape index (κ3) is 4.48. The molecule has 0 spiro atoms. The molecular weight excluding hydrogens is 524 g/mol. The van der Waals surface area contributed by atoms with Crippen LogP contribution in [0.1, 0.15) is 41.4 Å². The van der Waals surface area contributed by atoms with Gasteiger partial charge in [0, 0.05) is 49.1 Å². The maximum atomic E-state index is 13.1. The van der Waals surface area contributed by atoms with E-state index in [0.717, 1.165) is 45.9 Å². The van der Waals surface area contributed by atoms with E-state index in [-0.39, 0.29) is 17.9 Å². The average molecular weight is 549 g/mol. The number of piperidine rings is 1. The number of aliphatic hydroxyl groups excluding tert-OH is 1. The molecule has 3 aromatic heterocycles. The molecule has 9 nitrogen and oxygen atoms in total. The van der Waals surface area contributed by atoms with Crippen molar-refractivity contribution in [3.05, 3.63) is 64.6 Å². The van der Waals surface area contributed by atoms with E-state index < -0.39 is 0 Å². The predicted molar refractivity (Wildman–Crippen MR) is 146 cm³/mol. The lowest BCUT2D eigenvalue weighted by Gasteiger charge is -2.29. The smallest absolute Gasteiger partial charge is 0.253 e. The zero-order chi connectivity index (χ0) is 26.4. The summed E-state index contributed by atoms with van der Waals surface area (Å²) in [4.78, 5) is 36.4. The van der Waals surface area contributed by atoms with Crippen LogP contribution in [0.5, 0.6) is 0 Å². The zero-order valence-corrected chi connectivity index (χ0v) is 22.2. The monoisotopic (exact) mass is 548 g/mol. The molecule has 4 aromatic rings. The van der Waals surface area contributed by atoms with Crippen LogP contribution in [0.25, 0.3) is 27.5 Å². The van der Waals surface area contributed by atoms with Crippen molar-refractivity contribution in [2.24, 2.45) is 0 Å². The van der Waals surface area contributed by atoms with Crippen LogP contribution >= 0.6 is 22.9 Å². The highest BCUT2D eigenvalue weighted by atomic mass is 35.5. The average Bonchev–Trinajstić information content (AvgIpc) is 3.50. The summed E-state index contributed by atoms with van der Waals surface area (Å²) in [6.07, 6.45) is 5.76. The first-order chi connectivity index (χ1) is 18.4. The molecule has 1 aromatic carbocycles. The van der Waals surface area contributed by atoms with Crippen LogP contribution in [0, 0.1) is 0 Å². The summed E-state index contributed by atoms with van der Waals surface area (Å²) < 4.78 is 1.82. The number of nitrogens with one attached hydrogen (secondary N) is 1. The number of hydrogen-bond acceptors (Lipinski definition) is 7. The Bertz CT molecular complexity index is 1540. The zero-order valence-electron chi connectivity index (χ0n) is 20.6. The molecule has 0 atom stereocenters. The Labute approximate surface area is 228 Å². The molecule has 1 fully saturated rings. The number of benzene rings is 1. The van der Waals surface area contributed by atoms with E-state index in [2.05, 4.69) is 15.3 Å². The second-order valence-corrected chi connectivity index (χ2v) is 10.9. The molecule has 2 N–H and O–H groups in total. The van der Waals surface area contributed by atoms with E-state index in [0.29, 0.717) is 47.3 Å². The van der Waals surface area contributed by atoms with Gasteiger partial charge in [0.05, 0.1) is 38.8 Å². The number of fused-ring (bicyclic) bond motifs is 3. The van der Waals surface area contributed by atoms with E-state index in [9.17, 15) is 14.7 Å². The van der Waals surface area contributed by atoms with Gasteiger partial charge >= 0.3 is 0 Å². The molecule has 1 aliphatic heterocycles. The highest BCUT2D eigenvalue weighted by Gasteiger charge is 2.31. The molecule has 0 radical (unpaired) electrons. The third-order valence-corrected chi connectivity index (χ3v) is 8.22. The maximum absolute atomic E-state index is 13.1. The Morgan fingerprint density at radius 1 is 1.18 bits per heavy atom. The predicted octanol–water partition coefficient (Wildman–Crippen LogP) is 4.37. The van der Waals surface area contributed by atoms with E-state index in [1.807, 2.05) is 22.9 Å². The fraction of sp³-hybridized carbons (Fsp3) is 0.296. The molecule has 11 heteroatoms. The number of aliphatic hydroxyl groups is 1. The van der Waals surface area contributed by atoms with Crippen molar-refractivity contribution in [2.45, 2.75) is 38.7 Å². The maximum Gasteiger partial charge on any atom is 0.253 e. The molecule has 2 aliphatic rings. The van der Waals surface area contributed by atoms with Crippen molar-refractivity contribution >= 4 is 39.9 Å². The minimum atomic E-state index is -0.354. The Morgan fingerprint density at radius 2 is 2.00 bits per heavy atom. The molecular formula is C27H25ClN6O3S. The topological polar surface area (TPSA) is 113 Å². The SMILES string of the molecule is CC(=O)Nc1nc2c(s1)-c1c(c(-c3cccnc3)nn1-c1ccc(C(=O)N3CCC(O)CC3)cc1Cl)CC2. The normalized spacial score (nSPS) is 15.2. The number of aromatic nitrogens is 4. The van der Waals surface area contributed by atoms with Crippen molar-refractivity contribution in [1.29, 1.82) is 0 Å². The van der Waals surface area contributed by atoms with Crippen LogP contribution in [0.2, 0.25) is 5.02 Å². The first-order valence-electron chi connectivity index (χ1n) is 12.5. The van der Waals surface area contributed by atoms with Gasteiger partial charge in [-0.05, 0) is 56.0 Å². The van der Waals surface area contributed by atoms with Gasteiger partial charge in [0.1, 0.15) is 0 Å². The van der Waals surface area contributed by atoms with Gasteiger partial charge in [-0.15, -0.1) is 0 Å². The molecule has 0 saturated carbocycles. The highest BCUT2D eigenvalue weighted by molar-refractivity contribution is 7.19. The number of halogens is 1. The second kappa shape index (κ2) is 9.94. The summed E-state index contributed by atoms with van der Waals surface area (Å²) in [6, 6.07) is 9.12. The van der Waals surface area contributed by atoms with Crippen LogP contribution < -0.4 is 5.32 Å². The lowest BCUT2D eigenvalue weighted by molar-refractivity contribution is -0.114. The number of likely N-dealkylation sites (tertiary alicyclic amines) is 1. The molecule has 0 bridgehead atoms. The molecule has 38 heavy (non-hydrogen) atoms. The van der Waals surface area contributed by atoms with Crippen LogP contribution in [-0.4, -0.2) is 60.8 Å². The second-order valence-electron chi connectivity index (χ2n) is 9.49. The number of rotatable bonds is 4. The van der Waals surface area contributed by atoms with Gasteiger partial charge < -0.3 is 15.3 Å². The number of aryl methyl sites for hydroxylation is 1. The summed E-state index contributed by atoms with van der Waals surface area (Å²) in [5, 5.41) is 18.5. The number of hydrogen-bond donors (Lipinski definition) is 2. The molecule has 6 rings (SSSR count). The summed E-state index contributed by atoms with van der Waals surface area (Å²) in [7, 11) is 0. The van der Waals surface area contributed by atoms with Gasteiger partial charge in [0.25, 0.3) is 5.91 Å². The van der Waals surface area contributed by atoms with E-state index >= 15 is 0 Å². The molecule has 2 amide bonds. The Kier molecular flexibility index (Phi) is 6.46. The summed E-state index contributed by atoms with van der Waals surface area (Å²) >= 11 is 8.23. The third-order valence-electron chi connectivity index (χ3n) is 6.90. The summed E-state index contributed by atoms with van der Waals surface area (Å²) in [6.45, 7) is 2.50. The molecule has 1 saturated heterocycles. The summed E-state index contributed by atoms with van der Waals surface area (Å²) in [5.41, 5.74) is 5.70. The van der Waals surface area contributed by atoms with E-state index in [4.69, 9.17) is 16.7 Å². The number of pyridine rings is 1. The van der Waals surface area contributed by atoms with Crippen molar-refractivity contribution in [3.63, 3.8) is 0 Å². The van der Waals surface area contributed by atoms with Gasteiger partial charge in [0.15, 0.2) is 5.13 Å². The Morgan fingerprint density at radius 3 is 2.71 bits per heavy atom. The Balaban J connectivity index is 1.44. The fourth-order valence-electron chi connectivity index (χ4n) is 5.05. The van der Waals surface area contributed by atoms with Gasteiger partial charge in [-0.2, -0.15) is 5.10 Å². The molecule has 194 valence electrons. The molecule has 0 unspecified atom stereocenters. The van der Waals surface area contributed by atoms with Gasteiger partial charge in [-0.1, -0.05) is 22.9 Å². The van der Waals surface area contributed by atoms with Gasteiger partial charge in [-0.25, -0.2) is 9.67 Å². The van der Waals surface area contributed by atoms with Crippen LogP contribution in [0.15, 0.2) is 42.7 Å². The first kappa shape index (κ1) is 24.7. The van der Waals surface area contributed by atoms with Crippen LogP contribution in [0.4, 0.5) is 5.13 Å². The number of carbonyl (C=O) groups is 2. The van der Waals surface area contributed by atoms with Crippen molar-refractivity contribution in [2.75, 3.05) is 18.4 Å². The number of anilines is 1. The standard InChI is InChI=1S/C27H25ClN6O3S/c1-15(35)30-27-31-21-6-5-19-23(17-3-2-10-29-14-17)32-34(24(19)25(21)38-27)22-7-4-16(13-20(22)28)26(37)33-11-8-18(36)9-12-33/h2-4,7,10,13-14,18,36H,5-6,8-9,11-12H2,1H3,(H,30,31,35). The first-order valence-corrected chi connectivity index (χ1v) is 13.7. The van der Waals surface area contributed by atoms with Crippen molar-refractivity contribution in [1.82, 2.24) is 24.6 Å². The quantitative estimate of drug-likeness (QED) is 0.391. The fourth-order valence-corrected chi connectivity index (χ4v) is 6.42. The molecule has 1 aliphatic carbocycles. The van der Waals surface area contributed by atoms with E-state index in [1.54, 1.807) is 29.4 Å². The number of amides is 2. The van der Waals surface area contributed by atoms with Crippen molar-refractivity contribution in [3.8, 4) is 27.5 Å². The lowest BCUT2D eigenvalue weighted by Crippen LogP contribution is -2.40. The van der Waals surface area contributed by atoms with Crippen molar-refractivity contribution < 1.29 is 14.7 Å². The number of thiazole rings is 1. The highest BCUT2D eigenvalue weighted by Crippen LogP contribution is 2.44. The van der Waals surface area contributed by atoms with Gasteiger partial charge in [-0.3, -0.25) is 14.6 Å². The largest absolute Gasteiger partial charge is 0.393 e. The van der Waals surface area contributed by atoms with Crippen LogP contribution in [0.3, 0.4) is 0 Å². The number of carbonyl (C=O) groups excluding carboxylic acids is 2. The lowest BCUT2D eigenvalue weighted by atomic mass is 9.95. The number of nitrogens with zero attached hydrogens (tertiary/aromatic N) is 5. The minimum Gasteiger partial charge on any atom is -0.393 e. The van der Waals surface area contributed by atoms with E-state index in [1.165, 1.54) is 18.3 Å².